The van der Waals surface area contributed by atoms with Gasteiger partial charge in [0.2, 0.25) is 0 Å². The number of para-hydroxylation sites is 1. The van der Waals surface area contributed by atoms with Crippen LogP contribution < -0.4 is 9.64 Å². The van der Waals surface area contributed by atoms with E-state index >= 15 is 0 Å². The average molecular weight is 255 g/mol. The SMILES string of the molecule is CC(=O)CN(C)c1ccc(Oc2ccccc2)cc1. The molecular formula is C16H17NO2. The van der Waals surface area contributed by atoms with Gasteiger partial charge in [-0.2, -0.15) is 0 Å². The standard InChI is InChI=1S/C16H17NO2/c1-13(18)12-17(2)14-8-10-16(11-9-14)19-15-6-4-3-5-7-15/h3-11H,12H2,1-2H3. The zero-order chi connectivity index (χ0) is 13.7. The first-order valence-electron chi connectivity index (χ1n) is 6.19. The second-order valence-electron chi connectivity index (χ2n) is 4.47. The molecule has 0 atom stereocenters. The maximum atomic E-state index is 11.1. The van der Waals surface area contributed by atoms with E-state index in [9.17, 15) is 4.79 Å². The van der Waals surface area contributed by atoms with Crippen molar-refractivity contribution in [3.63, 3.8) is 0 Å². The van der Waals surface area contributed by atoms with Gasteiger partial charge in [0, 0.05) is 12.7 Å². The van der Waals surface area contributed by atoms with Crippen molar-refractivity contribution in [2.75, 3.05) is 18.5 Å². The zero-order valence-electron chi connectivity index (χ0n) is 11.2. The summed E-state index contributed by atoms with van der Waals surface area (Å²) in [4.78, 5) is 13.0. The number of benzene rings is 2. The van der Waals surface area contributed by atoms with Crippen molar-refractivity contribution in [2.45, 2.75) is 6.92 Å². The van der Waals surface area contributed by atoms with Crippen LogP contribution >= 0.6 is 0 Å². The molecule has 0 radical (unpaired) electrons. The van der Waals surface area contributed by atoms with Crippen LogP contribution in [0.15, 0.2) is 54.6 Å². The van der Waals surface area contributed by atoms with Gasteiger partial charge in [0.05, 0.1) is 6.54 Å². The van der Waals surface area contributed by atoms with Gasteiger partial charge in [0.15, 0.2) is 0 Å². The fraction of sp³-hybridized carbons (Fsp3) is 0.188. The van der Waals surface area contributed by atoms with E-state index in [-0.39, 0.29) is 5.78 Å². The highest BCUT2D eigenvalue weighted by Gasteiger charge is 2.04. The first-order valence-corrected chi connectivity index (χ1v) is 6.19. The van der Waals surface area contributed by atoms with E-state index in [1.807, 2.05) is 66.5 Å². The molecule has 0 aliphatic rings. The van der Waals surface area contributed by atoms with Gasteiger partial charge in [-0.05, 0) is 43.3 Å². The lowest BCUT2D eigenvalue weighted by atomic mass is 10.2. The van der Waals surface area contributed by atoms with Gasteiger partial charge >= 0.3 is 0 Å². The van der Waals surface area contributed by atoms with Crippen LogP contribution in [0.4, 0.5) is 5.69 Å². The van der Waals surface area contributed by atoms with Crippen molar-refractivity contribution >= 4 is 11.5 Å². The molecule has 0 N–H and O–H groups in total. The van der Waals surface area contributed by atoms with Gasteiger partial charge in [-0.15, -0.1) is 0 Å². The molecule has 0 spiro atoms. The number of nitrogens with zero attached hydrogens (tertiary/aromatic N) is 1. The summed E-state index contributed by atoms with van der Waals surface area (Å²) in [5.74, 6) is 1.74. The van der Waals surface area contributed by atoms with Crippen molar-refractivity contribution in [3.8, 4) is 11.5 Å². The fourth-order valence-electron chi connectivity index (χ4n) is 1.82. The number of likely N-dealkylation sites (N-methyl/N-ethyl adjacent to an activating group) is 1. The number of carbonyl (C=O) groups excluding carboxylic acids is 1. The van der Waals surface area contributed by atoms with E-state index in [2.05, 4.69) is 0 Å². The molecule has 0 aromatic heterocycles. The highest BCUT2D eigenvalue weighted by atomic mass is 16.5. The highest BCUT2D eigenvalue weighted by Crippen LogP contribution is 2.23. The molecule has 0 bridgehead atoms. The van der Waals surface area contributed by atoms with Crippen molar-refractivity contribution < 1.29 is 9.53 Å². The van der Waals surface area contributed by atoms with Gasteiger partial charge in [-0.1, -0.05) is 18.2 Å². The van der Waals surface area contributed by atoms with Crippen LogP contribution in [0, 0.1) is 0 Å². The minimum absolute atomic E-state index is 0.145. The van der Waals surface area contributed by atoms with Crippen LogP contribution in [0.5, 0.6) is 11.5 Å². The summed E-state index contributed by atoms with van der Waals surface area (Å²) in [6.07, 6.45) is 0. The molecule has 2 aromatic rings. The molecule has 0 aliphatic carbocycles. The molecule has 0 fully saturated rings. The number of Topliss-reactive ketones (excluding diaryl/α,β-unsaturated/α-hetero) is 1. The number of rotatable bonds is 5. The minimum atomic E-state index is 0.145. The van der Waals surface area contributed by atoms with Gasteiger partial charge in [0.25, 0.3) is 0 Å². The Kier molecular flexibility index (Phi) is 4.18. The van der Waals surface area contributed by atoms with Gasteiger partial charge in [-0.3, -0.25) is 4.79 Å². The number of hydrogen-bond acceptors (Lipinski definition) is 3. The topological polar surface area (TPSA) is 29.5 Å². The summed E-state index contributed by atoms with van der Waals surface area (Å²) in [6, 6.07) is 17.3. The van der Waals surface area contributed by atoms with E-state index < -0.39 is 0 Å². The lowest BCUT2D eigenvalue weighted by Gasteiger charge is -2.17. The van der Waals surface area contributed by atoms with Crippen LogP contribution in [0.25, 0.3) is 0 Å². The predicted molar refractivity (Wildman–Crippen MR) is 76.9 cm³/mol. The summed E-state index contributed by atoms with van der Waals surface area (Å²) in [5.41, 5.74) is 0.996. The minimum Gasteiger partial charge on any atom is -0.457 e. The third-order valence-electron chi connectivity index (χ3n) is 2.72. The lowest BCUT2D eigenvalue weighted by Crippen LogP contribution is -2.23. The maximum absolute atomic E-state index is 11.1. The molecule has 0 aliphatic heterocycles. The molecule has 0 saturated heterocycles. The molecule has 98 valence electrons. The first-order chi connectivity index (χ1) is 9.15. The summed E-state index contributed by atoms with van der Waals surface area (Å²) < 4.78 is 5.71. The number of ketones is 1. The number of carbonyl (C=O) groups is 1. The van der Waals surface area contributed by atoms with E-state index in [0.29, 0.717) is 6.54 Å². The zero-order valence-corrected chi connectivity index (χ0v) is 11.2. The van der Waals surface area contributed by atoms with E-state index in [0.717, 1.165) is 17.2 Å². The molecule has 3 nitrogen and oxygen atoms in total. The Morgan fingerprint density at radius 3 is 2.16 bits per heavy atom. The smallest absolute Gasteiger partial charge is 0.149 e. The summed E-state index contributed by atoms with van der Waals surface area (Å²) in [6.45, 7) is 2.00. The number of anilines is 1. The normalized spacial score (nSPS) is 10.0. The van der Waals surface area contributed by atoms with Crippen LogP contribution in [0.1, 0.15) is 6.92 Å². The summed E-state index contributed by atoms with van der Waals surface area (Å²) in [5, 5.41) is 0. The Bertz CT molecular complexity index is 534. The summed E-state index contributed by atoms with van der Waals surface area (Å²) >= 11 is 0. The van der Waals surface area contributed by atoms with Gasteiger partial charge < -0.3 is 9.64 Å². The van der Waals surface area contributed by atoms with Crippen LogP contribution in [-0.2, 0) is 4.79 Å². The third kappa shape index (κ3) is 3.85. The van der Waals surface area contributed by atoms with Gasteiger partial charge in [-0.25, -0.2) is 0 Å². The third-order valence-corrected chi connectivity index (χ3v) is 2.72. The molecule has 3 heteroatoms. The van der Waals surface area contributed by atoms with E-state index in [4.69, 9.17) is 4.74 Å². The number of hydrogen-bond donors (Lipinski definition) is 0. The predicted octanol–water partition coefficient (Wildman–Crippen LogP) is 3.50. The largest absolute Gasteiger partial charge is 0.457 e. The molecule has 2 rings (SSSR count). The Labute approximate surface area is 113 Å². The molecule has 0 amide bonds. The molecule has 0 saturated carbocycles. The Morgan fingerprint density at radius 2 is 1.58 bits per heavy atom. The van der Waals surface area contributed by atoms with Gasteiger partial charge in [0.1, 0.15) is 17.3 Å². The molecule has 0 unspecified atom stereocenters. The Balaban J connectivity index is 2.04. The van der Waals surface area contributed by atoms with Crippen molar-refractivity contribution in [2.24, 2.45) is 0 Å². The lowest BCUT2D eigenvalue weighted by molar-refractivity contribution is -0.115. The molecule has 0 heterocycles. The van der Waals surface area contributed by atoms with Crippen molar-refractivity contribution in [3.05, 3.63) is 54.6 Å². The summed E-state index contributed by atoms with van der Waals surface area (Å²) in [7, 11) is 1.90. The highest BCUT2D eigenvalue weighted by molar-refractivity contribution is 5.80. The average Bonchev–Trinajstić information content (AvgIpc) is 2.40. The monoisotopic (exact) mass is 255 g/mol. The molecular weight excluding hydrogens is 238 g/mol. The maximum Gasteiger partial charge on any atom is 0.149 e. The van der Waals surface area contributed by atoms with Crippen LogP contribution in [0.2, 0.25) is 0 Å². The molecule has 2 aromatic carbocycles. The van der Waals surface area contributed by atoms with Crippen molar-refractivity contribution in [1.82, 2.24) is 0 Å². The van der Waals surface area contributed by atoms with E-state index in [1.54, 1.807) is 6.92 Å². The Morgan fingerprint density at radius 1 is 1.00 bits per heavy atom. The first kappa shape index (κ1) is 13.1. The van der Waals surface area contributed by atoms with Crippen molar-refractivity contribution in [1.29, 1.82) is 0 Å². The van der Waals surface area contributed by atoms with E-state index in [1.165, 1.54) is 0 Å². The van der Waals surface area contributed by atoms with Crippen LogP contribution in [-0.4, -0.2) is 19.4 Å². The second-order valence-corrected chi connectivity index (χ2v) is 4.47. The Hall–Kier alpha value is -2.29. The second kappa shape index (κ2) is 6.05. The molecule has 19 heavy (non-hydrogen) atoms. The van der Waals surface area contributed by atoms with Crippen LogP contribution in [0.3, 0.4) is 0 Å². The fourth-order valence-corrected chi connectivity index (χ4v) is 1.82. The quantitative estimate of drug-likeness (QED) is 0.819. The number of ether oxygens (including phenoxy) is 1.